The van der Waals surface area contributed by atoms with Gasteiger partial charge in [-0.3, -0.25) is 14.4 Å². The molecule has 3 aromatic carbocycles. The zero-order valence-corrected chi connectivity index (χ0v) is 18.1. The molecule has 0 atom stereocenters. The van der Waals surface area contributed by atoms with Crippen LogP contribution in [0.4, 0.5) is 11.4 Å². The first-order chi connectivity index (χ1) is 15.7. The Morgan fingerprint density at radius 2 is 1.58 bits per heavy atom. The Kier molecular flexibility index (Phi) is 5.43. The number of phenols is 1. The first-order valence-corrected chi connectivity index (χ1v) is 10.0. The predicted molar refractivity (Wildman–Crippen MR) is 121 cm³/mol. The Morgan fingerprint density at radius 3 is 2.24 bits per heavy atom. The standard InChI is InChI=1S/C25H20N2O6/c1-13-4-9-20(14(2)10-13)27-23(30)17-7-5-15(11-18(17)24(27)31)22(29)26-19-8-6-16(12-21(19)28)25(32)33-3/h4-12,28H,1-3H3,(H,26,29). The summed E-state index contributed by atoms with van der Waals surface area (Å²) < 4.78 is 4.60. The number of methoxy groups -OCH3 is 1. The number of phenolic OH excluding ortho intramolecular Hbond substituents is 1. The lowest BCUT2D eigenvalue weighted by atomic mass is 10.1. The highest BCUT2D eigenvalue weighted by molar-refractivity contribution is 6.35. The van der Waals surface area contributed by atoms with Crippen LogP contribution < -0.4 is 10.2 Å². The van der Waals surface area contributed by atoms with E-state index in [-0.39, 0.29) is 33.7 Å². The second-order valence-corrected chi connectivity index (χ2v) is 7.67. The summed E-state index contributed by atoms with van der Waals surface area (Å²) in [7, 11) is 1.22. The lowest BCUT2D eigenvalue weighted by Gasteiger charge is -2.16. The van der Waals surface area contributed by atoms with Gasteiger partial charge in [0, 0.05) is 5.56 Å². The number of carbonyl (C=O) groups is 4. The van der Waals surface area contributed by atoms with E-state index in [1.165, 1.54) is 43.5 Å². The quantitative estimate of drug-likeness (QED) is 0.359. The third-order valence-electron chi connectivity index (χ3n) is 5.41. The van der Waals surface area contributed by atoms with Crippen molar-refractivity contribution < 1.29 is 29.0 Å². The predicted octanol–water partition coefficient (Wildman–Crippen LogP) is 3.85. The molecule has 2 N–H and O–H groups in total. The third kappa shape index (κ3) is 3.82. The maximum atomic E-state index is 13.1. The van der Waals surface area contributed by atoms with Crippen molar-refractivity contribution in [2.24, 2.45) is 0 Å². The summed E-state index contributed by atoms with van der Waals surface area (Å²) in [6.45, 7) is 3.74. The molecule has 8 nitrogen and oxygen atoms in total. The van der Waals surface area contributed by atoms with Crippen LogP contribution in [0.15, 0.2) is 54.6 Å². The van der Waals surface area contributed by atoms with Crippen LogP contribution in [0.2, 0.25) is 0 Å². The van der Waals surface area contributed by atoms with Gasteiger partial charge in [-0.05, 0) is 61.9 Å². The van der Waals surface area contributed by atoms with E-state index >= 15 is 0 Å². The molecule has 0 saturated heterocycles. The molecule has 1 heterocycles. The highest BCUT2D eigenvalue weighted by atomic mass is 16.5. The van der Waals surface area contributed by atoms with Gasteiger partial charge in [-0.15, -0.1) is 0 Å². The molecule has 1 aliphatic heterocycles. The molecular weight excluding hydrogens is 424 g/mol. The molecule has 0 fully saturated rings. The summed E-state index contributed by atoms with van der Waals surface area (Å²) in [5, 5.41) is 12.7. The third-order valence-corrected chi connectivity index (χ3v) is 5.41. The number of aryl methyl sites for hydroxylation is 2. The molecule has 33 heavy (non-hydrogen) atoms. The molecule has 0 aromatic heterocycles. The number of nitrogens with one attached hydrogen (secondary N) is 1. The van der Waals surface area contributed by atoms with E-state index in [2.05, 4.69) is 10.1 Å². The number of hydrogen-bond donors (Lipinski definition) is 2. The lowest BCUT2D eigenvalue weighted by molar-refractivity contribution is 0.0600. The summed E-state index contributed by atoms with van der Waals surface area (Å²) in [5.41, 5.74) is 2.96. The average Bonchev–Trinajstić information content (AvgIpc) is 3.04. The molecule has 0 saturated carbocycles. The van der Waals surface area contributed by atoms with Crippen LogP contribution >= 0.6 is 0 Å². The molecule has 1 aliphatic rings. The Bertz CT molecular complexity index is 1340. The largest absolute Gasteiger partial charge is 0.506 e. The van der Waals surface area contributed by atoms with Crippen molar-refractivity contribution in [3.8, 4) is 5.75 Å². The molecule has 0 bridgehead atoms. The number of hydrogen-bond acceptors (Lipinski definition) is 6. The minimum atomic E-state index is -0.627. The van der Waals surface area contributed by atoms with Gasteiger partial charge in [0.05, 0.1) is 35.2 Å². The first kappa shape index (κ1) is 21.8. The van der Waals surface area contributed by atoms with Gasteiger partial charge >= 0.3 is 5.97 Å². The van der Waals surface area contributed by atoms with Gasteiger partial charge in [0.1, 0.15) is 5.75 Å². The maximum Gasteiger partial charge on any atom is 0.337 e. The minimum absolute atomic E-state index is 0.0764. The van der Waals surface area contributed by atoms with Crippen molar-refractivity contribution in [3.05, 3.63) is 88.0 Å². The van der Waals surface area contributed by atoms with Crippen molar-refractivity contribution in [2.45, 2.75) is 13.8 Å². The van der Waals surface area contributed by atoms with Gasteiger partial charge in [0.15, 0.2) is 0 Å². The van der Waals surface area contributed by atoms with Crippen molar-refractivity contribution >= 4 is 35.1 Å². The molecule has 0 radical (unpaired) electrons. The molecule has 3 amide bonds. The number of imide groups is 1. The Morgan fingerprint density at radius 1 is 0.879 bits per heavy atom. The topological polar surface area (TPSA) is 113 Å². The molecule has 0 unspecified atom stereocenters. The number of aromatic hydroxyl groups is 1. The molecule has 3 aromatic rings. The molecule has 166 valence electrons. The van der Waals surface area contributed by atoms with Gasteiger partial charge in [-0.25, -0.2) is 9.69 Å². The van der Waals surface area contributed by atoms with Crippen LogP contribution in [-0.2, 0) is 4.74 Å². The van der Waals surface area contributed by atoms with Crippen LogP contribution in [0.1, 0.15) is 52.6 Å². The number of fused-ring (bicyclic) bond motifs is 1. The monoisotopic (exact) mass is 444 g/mol. The van der Waals surface area contributed by atoms with Gasteiger partial charge in [0.2, 0.25) is 0 Å². The number of anilines is 2. The van der Waals surface area contributed by atoms with Crippen LogP contribution in [0.3, 0.4) is 0 Å². The molecule has 8 heteroatoms. The van der Waals surface area contributed by atoms with E-state index in [1.54, 1.807) is 6.07 Å². The summed E-state index contributed by atoms with van der Waals surface area (Å²) in [6, 6.07) is 13.6. The fourth-order valence-electron chi connectivity index (χ4n) is 3.73. The van der Waals surface area contributed by atoms with E-state index in [4.69, 9.17) is 0 Å². The smallest absolute Gasteiger partial charge is 0.337 e. The number of nitrogens with zero attached hydrogens (tertiary/aromatic N) is 1. The second-order valence-electron chi connectivity index (χ2n) is 7.67. The second kappa shape index (κ2) is 8.23. The van der Waals surface area contributed by atoms with Crippen LogP contribution in [0.25, 0.3) is 0 Å². The Balaban J connectivity index is 1.60. The maximum absolute atomic E-state index is 13.1. The fraction of sp³-hybridized carbons (Fsp3) is 0.120. The van der Waals surface area contributed by atoms with Crippen molar-refractivity contribution in [2.75, 3.05) is 17.3 Å². The van der Waals surface area contributed by atoms with Crippen molar-refractivity contribution in [1.82, 2.24) is 0 Å². The van der Waals surface area contributed by atoms with E-state index in [9.17, 15) is 24.3 Å². The molecule has 0 aliphatic carbocycles. The van der Waals surface area contributed by atoms with Crippen molar-refractivity contribution in [1.29, 1.82) is 0 Å². The highest BCUT2D eigenvalue weighted by Gasteiger charge is 2.37. The summed E-state index contributed by atoms with van der Waals surface area (Å²) in [6.07, 6.45) is 0. The van der Waals surface area contributed by atoms with E-state index in [0.717, 1.165) is 16.0 Å². The Labute approximate surface area is 189 Å². The SMILES string of the molecule is COC(=O)c1ccc(NC(=O)c2ccc3c(c2)C(=O)N(c2ccc(C)cc2C)C3=O)c(O)c1. The zero-order chi connectivity index (χ0) is 23.9. The summed E-state index contributed by atoms with van der Waals surface area (Å²) in [4.78, 5) is 51.4. The number of ether oxygens (including phenoxy) is 1. The summed E-state index contributed by atoms with van der Waals surface area (Å²) >= 11 is 0. The van der Waals surface area contributed by atoms with Gasteiger partial charge in [0.25, 0.3) is 17.7 Å². The number of carbonyl (C=O) groups excluding carboxylic acids is 4. The van der Waals surface area contributed by atoms with E-state index in [0.29, 0.717) is 5.69 Å². The lowest BCUT2D eigenvalue weighted by Crippen LogP contribution is -2.30. The van der Waals surface area contributed by atoms with E-state index in [1.807, 2.05) is 26.0 Å². The normalized spacial score (nSPS) is 12.5. The average molecular weight is 444 g/mol. The van der Waals surface area contributed by atoms with Crippen molar-refractivity contribution in [3.63, 3.8) is 0 Å². The minimum Gasteiger partial charge on any atom is -0.506 e. The highest BCUT2D eigenvalue weighted by Crippen LogP contribution is 2.32. The van der Waals surface area contributed by atoms with Crippen LogP contribution in [0, 0.1) is 13.8 Å². The van der Waals surface area contributed by atoms with Gasteiger partial charge < -0.3 is 15.2 Å². The molecular formula is C25H20N2O6. The zero-order valence-electron chi connectivity index (χ0n) is 18.1. The first-order valence-electron chi connectivity index (χ1n) is 10.0. The van der Waals surface area contributed by atoms with Gasteiger partial charge in [-0.1, -0.05) is 17.7 Å². The van der Waals surface area contributed by atoms with Crippen LogP contribution in [-0.4, -0.2) is 35.9 Å². The van der Waals surface area contributed by atoms with Gasteiger partial charge in [-0.2, -0.15) is 0 Å². The van der Waals surface area contributed by atoms with E-state index < -0.39 is 23.7 Å². The molecule has 4 rings (SSSR count). The number of esters is 1. The summed E-state index contributed by atoms with van der Waals surface area (Å²) in [5.74, 6) is -2.51. The molecule has 0 spiro atoms. The van der Waals surface area contributed by atoms with Crippen LogP contribution in [0.5, 0.6) is 5.75 Å². The fourth-order valence-corrected chi connectivity index (χ4v) is 3.73. The number of benzene rings is 3. The number of amides is 3. The Hall–Kier alpha value is -4.46. The number of rotatable bonds is 4.